The smallest absolute Gasteiger partial charge is 0.405 e. The number of ketones is 1. The van der Waals surface area contributed by atoms with Gasteiger partial charge in [-0.1, -0.05) is 20.8 Å². The first-order valence-corrected chi connectivity index (χ1v) is 8.52. The first kappa shape index (κ1) is 18.7. The molecule has 1 unspecified atom stereocenters. The molecular weight excluding hydrogens is 342 g/mol. The van der Waals surface area contributed by atoms with Gasteiger partial charge in [-0.3, -0.25) is 19.7 Å². The number of hydrogen-bond acceptors (Lipinski definition) is 5. The molecule has 0 aliphatic carbocycles. The molecule has 0 aliphatic rings. The van der Waals surface area contributed by atoms with Crippen molar-refractivity contribution in [2.75, 3.05) is 5.43 Å². The van der Waals surface area contributed by atoms with E-state index in [1.165, 1.54) is 16.0 Å². The molecule has 0 saturated carbocycles. The first-order valence-electron chi connectivity index (χ1n) is 7.64. The molecule has 2 rings (SSSR count). The summed E-state index contributed by atoms with van der Waals surface area (Å²) in [6.45, 7) is 7.09. The minimum Gasteiger partial charge on any atom is -0.436 e. The number of thiophene rings is 1. The number of nitrogens with two attached hydrogens (primary N) is 1. The van der Waals surface area contributed by atoms with E-state index < -0.39 is 23.5 Å². The highest BCUT2D eigenvalue weighted by Crippen LogP contribution is 2.23. The molecule has 134 valence electrons. The molecule has 3 N–H and O–H groups in total. The van der Waals surface area contributed by atoms with E-state index in [2.05, 4.69) is 5.43 Å². The summed E-state index contributed by atoms with van der Waals surface area (Å²) in [4.78, 5) is 36.9. The van der Waals surface area contributed by atoms with E-state index in [4.69, 9.17) is 10.5 Å². The largest absolute Gasteiger partial charge is 0.436 e. The molecule has 0 aliphatic heterocycles. The Labute approximate surface area is 149 Å². The monoisotopic (exact) mass is 363 g/mol. The minimum absolute atomic E-state index is 0.194. The zero-order valence-corrected chi connectivity index (χ0v) is 15.3. The Hall–Kier alpha value is -2.61. The summed E-state index contributed by atoms with van der Waals surface area (Å²) >= 11 is 1.34. The predicted octanol–water partition coefficient (Wildman–Crippen LogP) is 2.67. The van der Waals surface area contributed by atoms with Crippen molar-refractivity contribution >= 4 is 29.1 Å². The van der Waals surface area contributed by atoms with Crippen LogP contribution < -0.4 is 11.2 Å². The van der Waals surface area contributed by atoms with Gasteiger partial charge in [-0.05, 0) is 36.1 Å². The van der Waals surface area contributed by atoms with E-state index >= 15 is 0 Å². The lowest BCUT2D eigenvalue weighted by Crippen LogP contribution is -2.45. The zero-order chi connectivity index (χ0) is 18.8. The second-order valence-electron chi connectivity index (χ2n) is 6.68. The zero-order valence-electron chi connectivity index (χ0n) is 14.5. The number of ether oxygens (including phenoxy) is 1. The van der Waals surface area contributed by atoms with Crippen LogP contribution in [0.25, 0.3) is 0 Å². The van der Waals surface area contributed by atoms with Crippen molar-refractivity contribution in [3.05, 3.63) is 45.9 Å². The van der Waals surface area contributed by atoms with Crippen molar-refractivity contribution < 1.29 is 19.1 Å². The van der Waals surface area contributed by atoms with Crippen LogP contribution in [-0.4, -0.2) is 28.6 Å². The highest BCUT2D eigenvalue weighted by Gasteiger charge is 2.35. The SMILES string of the molecule is Cc1ccsc1C(=O)c1cccn1NC(=O)C(OC(N)=O)C(C)(C)C. The third kappa shape index (κ3) is 4.27. The van der Waals surface area contributed by atoms with Gasteiger partial charge in [-0.25, -0.2) is 4.79 Å². The Kier molecular flexibility index (Phi) is 5.32. The molecule has 0 radical (unpaired) electrons. The van der Waals surface area contributed by atoms with Crippen LogP contribution in [0, 0.1) is 12.3 Å². The van der Waals surface area contributed by atoms with Crippen molar-refractivity contribution in [1.82, 2.24) is 4.68 Å². The third-order valence-electron chi connectivity index (χ3n) is 3.54. The molecule has 1 atom stereocenters. The van der Waals surface area contributed by atoms with Gasteiger partial charge in [-0.2, -0.15) is 0 Å². The van der Waals surface area contributed by atoms with Crippen molar-refractivity contribution in [2.45, 2.75) is 33.8 Å². The van der Waals surface area contributed by atoms with Gasteiger partial charge in [0.2, 0.25) is 5.78 Å². The highest BCUT2D eigenvalue weighted by atomic mass is 32.1. The molecule has 0 bridgehead atoms. The molecule has 2 aromatic rings. The number of aryl methyl sites for hydroxylation is 1. The second-order valence-corrected chi connectivity index (χ2v) is 7.60. The van der Waals surface area contributed by atoms with E-state index in [9.17, 15) is 14.4 Å². The number of rotatable bonds is 5. The predicted molar refractivity (Wildman–Crippen MR) is 95.2 cm³/mol. The quantitative estimate of drug-likeness (QED) is 0.797. The second kappa shape index (κ2) is 7.10. The number of nitrogens with one attached hydrogen (secondary N) is 1. The highest BCUT2D eigenvalue weighted by molar-refractivity contribution is 7.12. The van der Waals surface area contributed by atoms with Crippen LogP contribution in [0.15, 0.2) is 29.8 Å². The molecule has 2 heterocycles. The van der Waals surface area contributed by atoms with Crippen LogP contribution in [0.3, 0.4) is 0 Å². The maximum Gasteiger partial charge on any atom is 0.405 e. The molecule has 0 aromatic carbocycles. The Bertz CT molecular complexity index is 801. The van der Waals surface area contributed by atoms with Crippen molar-refractivity contribution in [3.8, 4) is 0 Å². The molecule has 25 heavy (non-hydrogen) atoms. The lowest BCUT2D eigenvalue weighted by atomic mass is 9.88. The third-order valence-corrected chi connectivity index (χ3v) is 4.55. The van der Waals surface area contributed by atoms with Gasteiger partial charge >= 0.3 is 6.09 Å². The van der Waals surface area contributed by atoms with Crippen LogP contribution in [0.1, 0.15) is 41.7 Å². The first-order chi connectivity index (χ1) is 11.6. The van der Waals surface area contributed by atoms with Gasteiger partial charge in [0, 0.05) is 11.6 Å². The van der Waals surface area contributed by atoms with Crippen molar-refractivity contribution in [2.24, 2.45) is 11.1 Å². The normalized spacial score (nSPS) is 12.5. The molecule has 0 spiro atoms. The molecule has 0 saturated heterocycles. The molecule has 2 amide bonds. The molecule has 0 fully saturated rings. The van der Waals surface area contributed by atoms with Crippen molar-refractivity contribution in [3.63, 3.8) is 0 Å². The Morgan fingerprint density at radius 3 is 2.48 bits per heavy atom. The van der Waals surface area contributed by atoms with Crippen molar-refractivity contribution in [1.29, 1.82) is 0 Å². The van der Waals surface area contributed by atoms with E-state index in [0.29, 0.717) is 10.6 Å². The summed E-state index contributed by atoms with van der Waals surface area (Å²) in [7, 11) is 0. The van der Waals surface area contributed by atoms with Gasteiger partial charge in [0.15, 0.2) is 6.10 Å². The number of carbonyl (C=O) groups is 3. The summed E-state index contributed by atoms with van der Waals surface area (Å²) in [5.74, 6) is -0.764. The van der Waals surface area contributed by atoms with Crippen LogP contribution in [0.5, 0.6) is 0 Å². The van der Waals surface area contributed by atoms with Gasteiger partial charge < -0.3 is 10.5 Å². The number of aromatic nitrogens is 1. The Morgan fingerprint density at radius 1 is 1.28 bits per heavy atom. The van der Waals surface area contributed by atoms with Gasteiger partial charge in [0.05, 0.1) is 4.88 Å². The molecule has 2 aromatic heterocycles. The summed E-state index contributed by atoms with van der Waals surface area (Å²) in [6, 6.07) is 5.13. The maximum atomic E-state index is 12.7. The average Bonchev–Trinajstić information content (AvgIpc) is 3.11. The van der Waals surface area contributed by atoms with E-state index in [-0.39, 0.29) is 5.78 Å². The maximum absolute atomic E-state index is 12.7. The topological polar surface area (TPSA) is 103 Å². The molecule has 8 heteroatoms. The van der Waals surface area contributed by atoms with E-state index in [1.54, 1.807) is 39.1 Å². The fourth-order valence-electron chi connectivity index (χ4n) is 2.30. The van der Waals surface area contributed by atoms with Crippen LogP contribution in [0.4, 0.5) is 4.79 Å². The number of nitrogens with zero attached hydrogens (tertiary/aromatic N) is 1. The standard InChI is InChI=1S/C17H21N3O4S/c1-10-7-9-25-13(10)12(21)11-6-5-8-20(11)19-15(22)14(17(2,3)4)24-16(18)23/h5-9,14H,1-4H3,(H2,18,23)(H,19,22). The van der Waals surface area contributed by atoms with Gasteiger partial charge in [0.25, 0.3) is 5.91 Å². The number of amides is 2. The van der Waals surface area contributed by atoms with Crippen LogP contribution in [0.2, 0.25) is 0 Å². The summed E-state index contributed by atoms with van der Waals surface area (Å²) in [5, 5.41) is 1.84. The number of carbonyl (C=O) groups excluding carboxylic acids is 3. The average molecular weight is 363 g/mol. The van der Waals surface area contributed by atoms with E-state index in [1.807, 2.05) is 18.4 Å². The summed E-state index contributed by atoms with van der Waals surface area (Å²) < 4.78 is 6.27. The summed E-state index contributed by atoms with van der Waals surface area (Å²) in [6.07, 6.45) is -0.579. The lowest BCUT2D eigenvalue weighted by molar-refractivity contribution is -0.130. The number of primary amides is 1. The van der Waals surface area contributed by atoms with Crippen LogP contribution >= 0.6 is 11.3 Å². The minimum atomic E-state index is -1.10. The van der Waals surface area contributed by atoms with Gasteiger partial charge in [-0.15, -0.1) is 11.3 Å². The molecular formula is C17H21N3O4S. The van der Waals surface area contributed by atoms with Crippen LogP contribution in [-0.2, 0) is 9.53 Å². The lowest BCUT2D eigenvalue weighted by Gasteiger charge is -2.28. The van der Waals surface area contributed by atoms with E-state index in [0.717, 1.165) is 5.56 Å². The fraction of sp³-hybridized carbons (Fsp3) is 0.353. The molecule has 7 nitrogen and oxygen atoms in total. The Balaban J connectivity index is 2.25. The number of hydrogen-bond donors (Lipinski definition) is 2. The Morgan fingerprint density at radius 2 is 1.96 bits per heavy atom. The fourth-order valence-corrected chi connectivity index (χ4v) is 3.18. The van der Waals surface area contributed by atoms with Gasteiger partial charge in [0.1, 0.15) is 5.69 Å². The summed E-state index contributed by atoms with van der Waals surface area (Å²) in [5.41, 5.74) is 8.17.